The SMILES string of the molecule is COc1cc(C2(O)CC(C)N(C)C2)ccc1Cl. The zero-order chi connectivity index (χ0) is 12.6. The summed E-state index contributed by atoms with van der Waals surface area (Å²) in [6.45, 7) is 2.75. The van der Waals surface area contributed by atoms with E-state index in [0.717, 1.165) is 12.0 Å². The number of aliphatic hydroxyl groups is 1. The zero-order valence-electron chi connectivity index (χ0n) is 10.4. The van der Waals surface area contributed by atoms with E-state index in [-0.39, 0.29) is 0 Å². The molecule has 4 heteroatoms. The van der Waals surface area contributed by atoms with E-state index in [2.05, 4.69) is 11.8 Å². The van der Waals surface area contributed by atoms with Gasteiger partial charge in [-0.1, -0.05) is 17.7 Å². The number of β-amino-alcohol motifs (C(OH)–C–C–N with tert-alkyl or cyclic N) is 1. The van der Waals surface area contributed by atoms with Gasteiger partial charge in [0.05, 0.1) is 12.1 Å². The molecule has 0 aliphatic carbocycles. The van der Waals surface area contributed by atoms with Crippen molar-refractivity contribution in [2.75, 3.05) is 20.7 Å². The van der Waals surface area contributed by atoms with Gasteiger partial charge in [-0.2, -0.15) is 0 Å². The van der Waals surface area contributed by atoms with Crippen LogP contribution in [0.25, 0.3) is 0 Å². The summed E-state index contributed by atoms with van der Waals surface area (Å²) in [5.74, 6) is 0.611. The highest BCUT2D eigenvalue weighted by atomic mass is 35.5. The number of methoxy groups -OCH3 is 1. The highest BCUT2D eigenvalue weighted by Crippen LogP contribution is 2.37. The van der Waals surface area contributed by atoms with Gasteiger partial charge in [0, 0.05) is 12.6 Å². The van der Waals surface area contributed by atoms with Crippen molar-refractivity contribution in [1.29, 1.82) is 0 Å². The normalized spacial score (nSPS) is 29.6. The van der Waals surface area contributed by atoms with E-state index in [1.807, 2.05) is 19.2 Å². The van der Waals surface area contributed by atoms with Gasteiger partial charge in [-0.25, -0.2) is 0 Å². The molecule has 94 valence electrons. The average molecular weight is 256 g/mol. The minimum absolute atomic E-state index is 0.377. The summed E-state index contributed by atoms with van der Waals surface area (Å²) in [7, 11) is 3.61. The van der Waals surface area contributed by atoms with Crippen molar-refractivity contribution in [2.24, 2.45) is 0 Å². The van der Waals surface area contributed by atoms with Crippen LogP contribution in [-0.4, -0.2) is 36.8 Å². The van der Waals surface area contributed by atoms with Crippen molar-refractivity contribution in [3.05, 3.63) is 28.8 Å². The van der Waals surface area contributed by atoms with Gasteiger partial charge in [-0.15, -0.1) is 0 Å². The largest absolute Gasteiger partial charge is 0.495 e. The molecule has 0 bridgehead atoms. The Kier molecular flexibility index (Phi) is 3.34. The molecule has 1 fully saturated rings. The lowest BCUT2D eigenvalue weighted by Crippen LogP contribution is -2.29. The molecular formula is C13H18ClNO2. The van der Waals surface area contributed by atoms with Crippen LogP contribution in [-0.2, 0) is 5.60 Å². The summed E-state index contributed by atoms with van der Waals surface area (Å²) in [6, 6.07) is 5.85. The second kappa shape index (κ2) is 4.48. The standard InChI is InChI=1S/C13H18ClNO2/c1-9-7-13(16,8-15(9)2)10-4-5-11(14)12(6-10)17-3/h4-6,9,16H,7-8H2,1-3H3. The average Bonchev–Trinajstić information content (AvgIpc) is 2.54. The van der Waals surface area contributed by atoms with Crippen molar-refractivity contribution in [1.82, 2.24) is 4.90 Å². The van der Waals surface area contributed by atoms with Crippen LogP contribution >= 0.6 is 11.6 Å². The van der Waals surface area contributed by atoms with E-state index in [1.54, 1.807) is 13.2 Å². The molecule has 1 aliphatic rings. The Balaban J connectivity index is 2.34. The molecule has 1 N–H and O–H groups in total. The molecule has 1 aliphatic heterocycles. The van der Waals surface area contributed by atoms with Crippen LogP contribution in [0.5, 0.6) is 5.75 Å². The topological polar surface area (TPSA) is 32.7 Å². The third kappa shape index (κ3) is 2.28. The first kappa shape index (κ1) is 12.7. The van der Waals surface area contributed by atoms with Crippen LogP contribution in [0.2, 0.25) is 5.02 Å². The smallest absolute Gasteiger partial charge is 0.137 e. The Morgan fingerprint density at radius 1 is 1.53 bits per heavy atom. The third-order valence-electron chi connectivity index (χ3n) is 3.58. The molecule has 2 atom stereocenters. The monoisotopic (exact) mass is 255 g/mol. The van der Waals surface area contributed by atoms with Crippen LogP contribution in [0.15, 0.2) is 18.2 Å². The number of ether oxygens (including phenoxy) is 1. The zero-order valence-corrected chi connectivity index (χ0v) is 11.2. The van der Waals surface area contributed by atoms with Crippen LogP contribution in [0.1, 0.15) is 18.9 Å². The molecule has 17 heavy (non-hydrogen) atoms. The maximum atomic E-state index is 10.7. The van der Waals surface area contributed by atoms with E-state index < -0.39 is 5.60 Å². The van der Waals surface area contributed by atoms with Gasteiger partial charge in [-0.3, -0.25) is 0 Å². The molecule has 3 nitrogen and oxygen atoms in total. The van der Waals surface area contributed by atoms with Gasteiger partial charge in [0.1, 0.15) is 11.4 Å². The van der Waals surface area contributed by atoms with Crippen molar-refractivity contribution in [2.45, 2.75) is 25.0 Å². The summed E-state index contributed by atoms with van der Waals surface area (Å²) in [4.78, 5) is 2.15. The number of nitrogens with zero attached hydrogens (tertiary/aromatic N) is 1. The Hall–Kier alpha value is -0.770. The Morgan fingerprint density at radius 3 is 2.76 bits per heavy atom. The molecule has 0 spiro atoms. The minimum atomic E-state index is -0.800. The molecule has 0 saturated carbocycles. The molecule has 1 saturated heterocycles. The number of hydrogen-bond donors (Lipinski definition) is 1. The van der Waals surface area contributed by atoms with Gasteiger partial charge in [0.2, 0.25) is 0 Å². The highest BCUT2D eigenvalue weighted by Gasteiger charge is 2.40. The first-order valence-electron chi connectivity index (χ1n) is 5.73. The van der Waals surface area contributed by atoms with Crippen molar-refractivity contribution < 1.29 is 9.84 Å². The lowest BCUT2D eigenvalue weighted by atomic mass is 9.91. The second-order valence-electron chi connectivity index (χ2n) is 4.85. The molecule has 1 aromatic carbocycles. The van der Waals surface area contributed by atoms with Crippen LogP contribution in [0.3, 0.4) is 0 Å². The summed E-state index contributed by atoms with van der Waals surface area (Å²) < 4.78 is 5.19. The van der Waals surface area contributed by atoms with Crippen LogP contribution in [0.4, 0.5) is 0 Å². The van der Waals surface area contributed by atoms with Crippen molar-refractivity contribution in [3.8, 4) is 5.75 Å². The number of rotatable bonds is 2. The first-order chi connectivity index (χ1) is 7.96. The van der Waals surface area contributed by atoms with Crippen LogP contribution < -0.4 is 4.74 Å². The quantitative estimate of drug-likeness (QED) is 0.880. The Labute approximate surface area is 107 Å². The fourth-order valence-electron chi connectivity index (χ4n) is 2.44. The van der Waals surface area contributed by atoms with E-state index in [9.17, 15) is 5.11 Å². The summed E-state index contributed by atoms with van der Waals surface area (Å²) in [5, 5.41) is 11.2. The predicted octanol–water partition coefficient (Wildman–Crippen LogP) is 2.26. The van der Waals surface area contributed by atoms with E-state index >= 15 is 0 Å². The molecule has 0 radical (unpaired) electrons. The van der Waals surface area contributed by atoms with Gasteiger partial charge in [-0.05, 0) is 38.1 Å². The first-order valence-corrected chi connectivity index (χ1v) is 6.11. The molecule has 1 aromatic rings. The number of likely N-dealkylation sites (N-methyl/N-ethyl adjacent to an activating group) is 1. The number of likely N-dealkylation sites (tertiary alicyclic amines) is 1. The Bertz CT molecular complexity index is 412. The van der Waals surface area contributed by atoms with Crippen molar-refractivity contribution in [3.63, 3.8) is 0 Å². The van der Waals surface area contributed by atoms with Gasteiger partial charge >= 0.3 is 0 Å². The molecule has 0 aromatic heterocycles. The molecule has 2 rings (SSSR count). The summed E-state index contributed by atoms with van der Waals surface area (Å²) in [6.07, 6.45) is 0.730. The van der Waals surface area contributed by atoms with Crippen LogP contribution in [0, 0.1) is 0 Å². The lowest BCUT2D eigenvalue weighted by Gasteiger charge is -2.23. The fraction of sp³-hybridized carbons (Fsp3) is 0.538. The minimum Gasteiger partial charge on any atom is -0.495 e. The van der Waals surface area contributed by atoms with E-state index in [0.29, 0.717) is 23.4 Å². The molecule has 0 amide bonds. The highest BCUT2D eigenvalue weighted by molar-refractivity contribution is 6.32. The third-order valence-corrected chi connectivity index (χ3v) is 3.90. The van der Waals surface area contributed by atoms with Gasteiger partial charge < -0.3 is 14.7 Å². The van der Waals surface area contributed by atoms with E-state index in [4.69, 9.17) is 16.3 Å². The summed E-state index contributed by atoms with van der Waals surface area (Å²) >= 11 is 5.99. The predicted molar refractivity (Wildman–Crippen MR) is 68.6 cm³/mol. The van der Waals surface area contributed by atoms with E-state index in [1.165, 1.54) is 0 Å². The maximum absolute atomic E-state index is 10.7. The number of hydrogen-bond acceptors (Lipinski definition) is 3. The van der Waals surface area contributed by atoms with Gasteiger partial charge in [0.15, 0.2) is 0 Å². The number of benzene rings is 1. The second-order valence-corrected chi connectivity index (χ2v) is 5.26. The Morgan fingerprint density at radius 2 is 2.24 bits per heavy atom. The van der Waals surface area contributed by atoms with Crippen molar-refractivity contribution >= 4 is 11.6 Å². The fourth-order valence-corrected chi connectivity index (χ4v) is 2.63. The molecule has 2 unspecified atom stereocenters. The molecular weight excluding hydrogens is 238 g/mol. The maximum Gasteiger partial charge on any atom is 0.137 e. The van der Waals surface area contributed by atoms with Gasteiger partial charge in [0.25, 0.3) is 0 Å². The number of halogens is 1. The lowest BCUT2D eigenvalue weighted by molar-refractivity contribution is 0.0484. The summed E-state index contributed by atoms with van der Waals surface area (Å²) in [5.41, 5.74) is 0.0708. The molecule has 1 heterocycles.